The van der Waals surface area contributed by atoms with E-state index >= 15 is 0 Å². The third kappa shape index (κ3) is 3.63. The van der Waals surface area contributed by atoms with Crippen LogP contribution in [-0.2, 0) is 4.79 Å². The van der Waals surface area contributed by atoms with Crippen LogP contribution in [0.1, 0.15) is 31.5 Å². The Morgan fingerprint density at radius 2 is 2.00 bits per heavy atom. The summed E-state index contributed by atoms with van der Waals surface area (Å²) in [5.74, 6) is -4.47. The quantitative estimate of drug-likeness (QED) is 0.848. The summed E-state index contributed by atoms with van der Waals surface area (Å²) in [4.78, 5) is 24.3. The van der Waals surface area contributed by atoms with Crippen molar-refractivity contribution in [3.8, 4) is 0 Å². The summed E-state index contributed by atoms with van der Waals surface area (Å²) in [6.07, 6.45) is -2.41. The molecule has 1 saturated carbocycles. The fraction of sp³-hybridized carbons (Fsp3) is 0.688. The lowest BCUT2D eigenvalue weighted by atomic mass is 9.96. The van der Waals surface area contributed by atoms with Crippen LogP contribution < -0.4 is 5.32 Å². The summed E-state index contributed by atoms with van der Waals surface area (Å²) >= 11 is 0. The van der Waals surface area contributed by atoms with Gasteiger partial charge in [-0.25, -0.2) is 4.79 Å². The summed E-state index contributed by atoms with van der Waals surface area (Å²) in [5.41, 5.74) is 0.845. The Morgan fingerprint density at radius 3 is 2.50 bits per heavy atom. The van der Waals surface area contributed by atoms with Crippen molar-refractivity contribution in [2.45, 2.75) is 38.9 Å². The van der Waals surface area contributed by atoms with E-state index in [9.17, 15) is 22.8 Å². The van der Waals surface area contributed by atoms with Gasteiger partial charge in [-0.3, -0.25) is 14.8 Å². The molecule has 3 atom stereocenters. The van der Waals surface area contributed by atoms with Crippen LogP contribution in [0.25, 0.3) is 0 Å². The van der Waals surface area contributed by atoms with Crippen LogP contribution in [-0.4, -0.2) is 51.1 Å². The highest BCUT2D eigenvalue weighted by Crippen LogP contribution is 2.40. The third-order valence-electron chi connectivity index (χ3n) is 5.19. The van der Waals surface area contributed by atoms with E-state index in [-0.39, 0.29) is 11.9 Å². The minimum Gasteiger partial charge on any atom is -0.481 e. The number of carboxylic acid groups (broad SMARTS) is 1. The lowest BCUT2D eigenvalue weighted by Gasteiger charge is -2.18. The number of hydrogen-bond acceptors (Lipinski definition) is 3. The molecule has 0 radical (unpaired) electrons. The van der Waals surface area contributed by atoms with Gasteiger partial charge in [0.1, 0.15) is 0 Å². The van der Waals surface area contributed by atoms with Gasteiger partial charge in [0.05, 0.1) is 17.9 Å². The lowest BCUT2D eigenvalue weighted by molar-refractivity contribution is -0.187. The van der Waals surface area contributed by atoms with E-state index in [2.05, 4.69) is 10.4 Å². The third-order valence-corrected chi connectivity index (χ3v) is 5.19. The van der Waals surface area contributed by atoms with Gasteiger partial charge < -0.3 is 10.0 Å². The molecule has 2 N–H and O–H groups in total. The molecule has 2 amide bonds. The molecule has 2 fully saturated rings. The molecule has 144 valence electrons. The average molecular weight is 374 g/mol. The molecule has 3 rings (SSSR count). The molecular weight excluding hydrogens is 353 g/mol. The smallest absolute Gasteiger partial charge is 0.394 e. The van der Waals surface area contributed by atoms with Crippen LogP contribution >= 0.6 is 0 Å². The number of anilines is 1. The van der Waals surface area contributed by atoms with E-state index in [0.717, 1.165) is 23.4 Å². The predicted octanol–water partition coefficient (Wildman–Crippen LogP) is 2.89. The maximum Gasteiger partial charge on any atom is 0.394 e. The van der Waals surface area contributed by atoms with E-state index in [0.29, 0.717) is 5.92 Å². The molecule has 1 aliphatic heterocycles. The van der Waals surface area contributed by atoms with Gasteiger partial charge >= 0.3 is 18.2 Å². The number of aryl methyl sites for hydroxylation is 1. The number of carboxylic acids is 1. The highest BCUT2D eigenvalue weighted by atomic mass is 19.4. The molecule has 10 heteroatoms. The number of nitrogens with zero attached hydrogens (tertiary/aromatic N) is 3. The van der Waals surface area contributed by atoms with Crippen LogP contribution in [0.2, 0.25) is 0 Å². The summed E-state index contributed by atoms with van der Waals surface area (Å²) in [7, 11) is 0. The number of aliphatic carboxylic acids is 1. The summed E-state index contributed by atoms with van der Waals surface area (Å²) in [5, 5.41) is 15.8. The van der Waals surface area contributed by atoms with Crippen molar-refractivity contribution in [2.24, 2.45) is 17.8 Å². The van der Waals surface area contributed by atoms with Gasteiger partial charge in [-0.1, -0.05) is 0 Å². The Balaban J connectivity index is 1.68. The molecule has 1 saturated heterocycles. The zero-order valence-electron chi connectivity index (χ0n) is 14.5. The van der Waals surface area contributed by atoms with Crippen LogP contribution in [0.3, 0.4) is 0 Å². The molecule has 0 bridgehead atoms. The van der Waals surface area contributed by atoms with Crippen LogP contribution in [0.4, 0.5) is 23.8 Å². The fourth-order valence-electron chi connectivity index (χ4n) is 3.48. The molecule has 7 nitrogen and oxygen atoms in total. The molecule has 0 spiro atoms. The van der Waals surface area contributed by atoms with E-state index < -0.39 is 43.1 Å². The van der Waals surface area contributed by atoms with Crippen molar-refractivity contribution in [3.63, 3.8) is 0 Å². The second-order valence-corrected chi connectivity index (χ2v) is 7.12. The summed E-state index contributed by atoms with van der Waals surface area (Å²) in [6.45, 7) is 2.72. The SMILES string of the molecule is Cc1cc(NC(=O)N2C[C@@H](C(F)(F)F)[C@H](C(=O)O)C2)nn1C(C)C1CC1. The molecule has 1 aromatic heterocycles. The number of urea groups is 1. The second-order valence-electron chi connectivity index (χ2n) is 7.12. The fourth-order valence-corrected chi connectivity index (χ4v) is 3.48. The number of likely N-dealkylation sites (tertiary alicyclic amines) is 1. The minimum atomic E-state index is -4.67. The first-order chi connectivity index (χ1) is 12.1. The van der Waals surface area contributed by atoms with Gasteiger partial charge in [0.2, 0.25) is 0 Å². The molecule has 1 aliphatic carbocycles. The first-order valence-electron chi connectivity index (χ1n) is 8.49. The maximum atomic E-state index is 13.0. The van der Waals surface area contributed by atoms with Crippen LogP contribution in [0, 0.1) is 24.7 Å². The van der Waals surface area contributed by atoms with Gasteiger partial charge in [0, 0.05) is 24.8 Å². The first kappa shape index (κ1) is 18.5. The van der Waals surface area contributed by atoms with E-state index in [1.165, 1.54) is 0 Å². The summed E-state index contributed by atoms with van der Waals surface area (Å²) < 4.78 is 40.9. The predicted molar refractivity (Wildman–Crippen MR) is 85.7 cm³/mol. The summed E-state index contributed by atoms with van der Waals surface area (Å²) in [6, 6.07) is 1.08. The van der Waals surface area contributed by atoms with Gasteiger partial charge in [0.25, 0.3) is 0 Å². The molecule has 1 unspecified atom stereocenters. The van der Waals surface area contributed by atoms with E-state index in [1.807, 2.05) is 13.8 Å². The standard InChI is InChI=1S/C16H21F3N4O3/c1-8-5-13(21-23(8)9(2)10-3-4-10)20-15(26)22-6-11(14(24)25)12(7-22)16(17,18)19/h5,9-12H,3-4,6-7H2,1-2H3,(H,24,25)(H,20,21,26)/t9?,11-,12-/m1/s1. The zero-order chi connectivity index (χ0) is 19.2. The van der Waals surface area contributed by atoms with Crippen molar-refractivity contribution in [3.05, 3.63) is 11.8 Å². The largest absolute Gasteiger partial charge is 0.481 e. The maximum absolute atomic E-state index is 13.0. The van der Waals surface area contributed by atoms with Gasteiger partial charge in [-0.15, -0.1) is 0 Å². The second kappa shape index (κ2) is 6.48. The zero-order valence-corrected chi connectivity index (χ0v) is 14.5. The van der Waals surface area contributed by atoms with Gasteiger partial charge in [0.15, 0.2) is 5.82 Å². The Bertz CT molecular complexity index is 714. The normalized spacial score (nSPS) is 24.6. The number of carbonyl (C=O) groups is 2. The molecule has 0 aromatic carbocycles. The first-order valence-corrected chi connectivity index (χ1v) is 8.49. The number of halogens is 3. The van der Waals surface area contributed by atoms with Crippen molar-refractivity contribution < 1.29 is 27.9 Å². The number of aromatic nitrogens is 2. The van der Waals surface area contributed by atoms with Crippen molar-refractivity contribution in [1.82, 2.24) is 14.7 Å². The minimum absolute atomic E-state index is 0.193. The van der Waals surface area contributed by atoms with Crippen molar-refractivity contribution in [1.29, 1.82) is 0 Å². The number of carbonyl (C=O) groups excluding carboxylic acids is 1. The molecular formula is C16H21F3N4O3. The molecule has 1 aromatic rings. The highest BCUT2D eigenvalue weighted by Gasteiger charge is 2.53. The number of alkyl halides is 3. The number of hydrogen-bond donors (Lipinski definition) is 2. The van der Waals surface area contributed by atoms with Crippen LogP contribution in [0.5, 0.6) is 0 Å². The topological polar surface area (TPSA) is 87.5 Å². The van der Waals surface area contributed by atoms with E-state index in [1.54, 1.807) is 10.7 Å². The molecule has 26 heavy (non-hydrogen) atoms. The number of amides is 2. The Kier molecular flexibility index (Phi) is 4.61. The Labute approximate surface area is 148 Å². The molecule has 2 heterocycles. The van der Waals surface area contributed by atoms with Gasteiger partial charge in [-0.05, 0) is 32.6 Å². The number of rotatable bonds is 4. The Hall–Kier alpha value is -2.26. The van der Waals surface area contributed by atoms with Crippen molar-refractivity contribution >= 4 is 17.8 Å². The molecule has 2 aliphatic rings. The average Bonchev–Trinajstić information content (AvgIpc) is 3.15. The van der Waals surface area contributed by atoms with Gasteiger partial charge in [-0.2, -0.15) is 18.3 Å². The van der Waals surface area contributed by atoms with E-state index in [4.69, 9.17) is 5.11 Å². The van der Waals surface area contributed by atoms with Crippen LogP contribution in [0.15, 0.2) is 6.07 Å². The highest BCUT2D eigenvalue weighted by molar-refractivity contribution is 5.89. The lowest BCUT2D eigenvalue weighted by Crippen LogP contribution is -2.35. The van der Waals surface area contributed by atoms with Crippen molar-refractivity contribution in [2.75, 3.05) is 18.4 Å². The Morgan fingerprint density at radius 1 is 1.35 bits per heavy atom. The monoisotopic (exact) mass is 374 g/mol. The number of nitrogens with one attached hydrogen (secondary N) is 1.